The van der Waals surface area contributed by atoms with E-state index in [-0.39, 0.29) is 0 Å². The van der Waals surface area contributed by atoms with Crippen LogP contribution in [-0.2, 0) is 6.61 Å². The van der Waals surface area contributed by atoms with E-state index in [9.17, 15) is 0 Å². The van der Waals surface area contributed by atoms with Gasteiger partial charge in [0.2, 0.25) is 0 Å². The highest BCUT2D eigenvalue weighted by atomic mass is 32.1. The fourth-order valence-corrected chi connectivity index (χ4v) is 2.75. The van der Waals surface area contributed by atoms with E-state index in [1.165, 1.54) is 11.3 Å². The molecule has 0 unspecified atom stereocenters. The summed E-state index contributed by atoms with van der Waals surface area (Å²) in [7, 11) is 0. The highest BCUT2D eigenvalue weighted by molar-refractivity contribution is 7.80. The first-order valence-electron chi connectivity index (χ1n) is 6.75. The van der Waals surface area contributed by atoms with Crippen LogP contribution in [0.5, 0.6) is 5.75 Å². The Bertz CT molecular complexity index is 759. The summed E-state index contributed by atoms with van der Waals surface area (Å²) < 4.78 is 5.89. The summed E-state index contributed by atoms with van der Waals surface area (Å²) in [4.78, 5) is 9.48. The van der Waals surface area contributed by atoms with Crippen molar-refractivity contribution < 1.29 is 4.74 Å². The van der Waals surface area contributed by atoms with E-state index in [0.29, 0.717) is 18.2 Å². The normalized spacial score (nSPS) is 10.5. The number of thiol groups is 1. The molecule has 0 radical (unpaired) electrons. The molecule has 4 nitrogen and oxygen atoms in total. The molecule has 112 valence electrons. The number of benzene rings is 1. The van der Waals surface area contributed by atoms with Crippen molar-refractivity contribution in [2.75, 3.05) is 5.32 Å². The number of nitrogens with zero attached hydrogens (tertiary/aromatic N) is 2. The number of hydrogen-bond donors (Lipinski definition) is 2. The Labute approximate surface area is 138 Å². The number of ether oxygens (including phenoxy) is 1. The molecule has 1 aromatic carbocycles. The zero-order valence-electron chi connectivity index (χ0n) is 12.0. The summed E-state index contributed by atoms with van der Waals surface area (Å²) in [6.07, 6.45) is 1.68. The van der Waals surface area contributed by atoms with Crippen LogP contribution in [-0.4, -0.2) is 9.97 Å². The van der Waals surface area contributed by atoms with Crippen LogP contribution >= 0.6 is 24.0 Å². The van der Waals surface area contributed by atoms with E-state index in [0.717, 1.165) is 21.3 Å². The van der Waals surface area contributed by atoms with Crippen molar-refractivity contribution in [1.29, 1.82) is 0 Å². The molecule has 2 heterocycles. The van der Waals surface area contributed by atoms with Gasteiger partial charge in [0.1, 0.15) is 6.61 Å². The van der Waals surface area contributed by atoms with Crippen molar-refractivity contribution >= 4 is 34.9 Å². The van der Waals surface area contributed by atoms with Crippen LogP contribution in [0.2, 0.25) is 0 Å². The highest BCUT2D eigenvalue weighted by Crippen LogP contribution is 2.29. The Morgan fingerprint density at radius 3 is 2.82 bits per heavy atom. The van der Waals surface area contributed by atoms with Gasteiger partial charge in [0, 0.05) is 16.5 Å². The molecule has 0 saturated carbocycles. The van der Waals surface area contributed by atoms with E-state index < -0.39 is 0 Å². The molecule has 0 amide bonds. The Hall–Kier alpha value is -2.05. The van der Waals surface area contributed by atoms with Crippen molar-refractivity contribution in [2.45, 2.75) is 18.4 Å². The van der Waals surface area contributed by atoms with Crippen LogP contribution in [0, 0.1) is 6.92 Å². The summed E-state index contributed by atoms with van der Waals surface area (Å²) in [6, 6.07) is 11.9. The summed E-state index contributed by atoms with van der Waals surface area (Å²) in [6.45, 7) is 2.43. The first-order chi connectivity index (χ1) is 10.7. The second kappa shape index (κ2) is 6.81. The van der Waals surface area contributed by atoms with E-state index in [4.69, 9.17) is 4.74 Å². The lowest BCUT2D eigenvalue weighted by Gasteiger charge is -2.11. The Morgan fingerprint density at radius 2 is 2.09 bits per heavy atom. The van der Waals surface area contributed by atoms with Gasteiger partial charge >= 0.3 is 0 Å². The molecule has 0 aliphatic carbocycles. The molecule has 0 aliphatic heterocycles. The third-order valence-electron chi connectivity index (χ3n) is 2.92. The Balaban J connectivity index is 1.78. The van der Waals surface area contributed by atoms with E-state index in [1.807, 2.05) is 48.7 Å². The smallest absolute Gasteiger partial charge is 0.188 e. The predicted molar refractivity (Wildman–Crippen MR) is 92.4 cm³/mol. The molecule has 1 N–H and O–H groups in total. The number of aromatic nitrogens is 2. The van der Waals surface area contributed by atoms with Gasteiger partial charge in [-0.05, 0) is 18.6 Å². The number of pyridine rings is 1. The molecular formula is C16H15N3OS2. The molecule has 0 aliphatic rings. The van der Waals surface area contributed by atoms with Crippen LogP contribution in [0.3, 0.4) is 0 Å². The van der Waals surface area contributed by atoms with E-state index >= 15 is 0 Å². The van der Waals surface area contributed by atoms with Gasteiger partial charge in [-0.15, -0.1) is 24.0 Å². The average molecular weight is 329 g/mol. The molecule has 6 heteroatoms. The van der Waals surface area contributed by atoms with Gasteiger partial charge in [-0.3, -0.25) is 0 Å². The standard InChI is InChI=1S/C16H15N3OS2/c1-11-10-22-16(18-11)19-15-14(7-13(21)8-17-15)20-9-12-5-3-2-4-6-12/h2-8,10,21H,9H2,1H3,(H,17,18,19). The summed E-state index contributed by atoms with van der Waals surface area (Å²) in [5.74, 6) is 1.30. The largest absolute Gasteiger partial charge is 0.485 e. The van der Waals surface area contributed by atoms with Crippen molar-refractivity contribution in [3.8, 4) is 5.75 Å². The lowest BCUT2D eigenvalue weighted by molar-refractivity contribution is 0.306. The maximum Gasteiger partial charge on any atom is 0.188 e. The quantitative estimate of drug-likeness (QED) is 0.679. The van der Waals surface area contributed by atoms with Crippen LogP contribution in [0.15, 0.2) is 52.9 Å². The SMILES string of the molecule is Cc1csc(Nc2ncc(S)cc2OCc2ccccc2)n1. The first-order valence-corrected chi connectivity index (χ1v) is 8.08. The van der Waals surface area contributed by atoms with Crippen LogP contribution < -0.4 is 10.1 Å². The second-order valence-electron chi connectivity index (χ2n) is 4.73. The van der Waals surface area contributed by atoms with Crippen LogP contribution in [0.4, 0.5) is 10.9 Å². The zero-order chi connectivity index (χ0) is 15.4. The van der Waals surface area contributed by atoms with Crippen molar-refractivity contribution in [3.63, 3.8) is 0 Å². The molecule has 3 rings (SSSR count). The third-order valence-corrected chi connectivity index (χ3v) is 4.04. The molecule has 22 heavy (non-hydrogen) atoms. The molecule has 0 saturated heterocycles. The molecule has 2 aromatic heterocycles. The molecule has 0 spiro atoms. The maximum absolute atomic E-state index is 5.89. The van der Waals surface area contributed by atoms with Gasteiger partial charge in [0.05, 0.1) is 5.69 Å². The van der Waals surface area contributed by atoms with Gasteiger partial charge in [-0.1, -0.05) is 30.3 Å². The molecular weight excluding hydrogens is 314 g/mol. The maximum atomic E-state index is 5.89. The number of thiazole rings is 1. The number of rotatable bonds is 5. The molecule has 0 atom stereocenters. The average Bonchev–Trinajstić information content (AvgIpc) is 2.94. The minimum Gasteiger partial charge on any atom is -0.485 e. The molecule has 0 bridgehead atoms. The van der Waals surface area contributed by atoms with Crippen LogP contribution in [0.1, 0.15) is 11.3 Å². The predicted octanol–water partition coefficient (Wildman–Crippen LogP) is 4.46. The van der Waals surface area contributed by atoms with Crippen molar-refractivity contribution in [2.24, 2.45) is 0 Å². The second-order valence-corrected chi connectivity index (χ2v) is 6.11. The van der Waals surface area contributed by atoms with Gasteiger partial charge in [-0.25, -0.2) is 9.97 Å². The van der Waals surface area contributed by atoms with E-state index in [1.54, 1.807) is 6.20 Å². The minimum absolute atomic E-state index is 0.478. The van der Waals surface area contributed by atoms with Gasteiger partial charge in [-0.2, -0.15) is 0 Å². The fraction of sp³-hybridized carbons (Fsp3) is 0.125. The number of anilines is 2. The Kier molecular flexibility index (Phi) is 4.60. The lowest BCUT2D eigenvalue weighted by atomic mass is 10.2. The minimum atomic E-state index is 0.478. The van der Waals surface area contributed by atoms with E-state index in [2.05, 4.69) is 27.9 Å². The monoisotopic (exact) mass is 329 g/mol. The van der Waals surface area contributed by atoms with Crippen LogP contribution in [0.25, 0.3) is 0 Å². The summed E-state index contributed by atoms with van der Waals surface area (Å²) in [5, 5.41) is 5.97. The van der Waals surface area contributed by atoms with Gasteiger partial charge in [0.15, 0.2) is 16.7 Å². The number of hydrogen-bond acceptors (Lipinski definition) is 6. The molecule has 3 aromatic rings. The van der Waals surface area contributed by atoms with Gasteiger partial charge < -0.3 is 10.1 Å². The number of aryl methyl sites for hydroxylation is 1. The lowest BCUT2D eigenvalue weighted by Crippen LogP contribution is -2.01. The van der Waals surface area contributed by atoms with Crippen molar-refractivity contribution in [1.82, 2.24) is 9.97 Å². The molecule has 0 fully saturated rings. The summed E-state index contributed by atoms with van der Waals surface area (Å²) >= 11 is 5.86. The zero-order valence-corrected chi connectivity index (χ0v) is 13.7. The van der Waals surface area contributed by atoms with Gasteiger partial charge in [0.25, 0.3) is 0 Å². The highest BCUT2D eigenvalue weighted by Gasteiger charge is 2.09. The first kappa shape index (κ1) is 14.9. The van der Waals surface area contributed by atoms with Crippen molar-refractivity contribution in [3.05, 3.63) is 59.2 Å². The Morgan fingerprint density at radius 1 is 1.27 bits per heavy atom. The third kappa shape index (κ3) is 3.78. The number of nitrogens with one attached hydrogen (secondary N) is 1. The summed E-state index contributed by atoms with van der Waals surface area (Å²) in [5.41, 5.74) is 2.08. The topological polar surface area (TPSA) is 47.0 Å². The fourth-order valence-electron chi connectivity index (χ4n) is 1.89.